The summed E-state index contributed by atoms with van der Waals surface area (Å²) in [6, 6.07) is 0. The van der Waals surface area contributed by atoms with Gasteiger partial charge in [0.25, 0.3) is 5.56 Å². The van der Waals surface area contributed by atoms with E-state index in [4.69, 9.17) is 4.42 Å². The molecule has 21 heavy (non-hydrogen) atoms. The molecule has 7 nitrogen and oxygen atoms in total. The lowest BCUT2D eigenvalue weighted by molar-refractivity contribution is 0.367. The monoisotopic (exact) mass is 355 g/mol. The molecule has 0 spiro atoms. The Morgan fingerprint density at radius 2 is 2.19 bits per heavy atom. The van der Waals surface area contributed by atoms with E-state index < -0.39 is 0 Å². The van der Waals surface area contributed by atoms with Gasteiger partial charge in [0, 0.05) is 6.54 Å². The van der Waals surface area contributed by atoms with Crippen molar-refractivity contribution < 1.29 is 4.42 Å². The Bertz CT molecular complexity index is 665. The van der Waals surface area contributed by atoms with Crippen LogP contribution in [-0.4, -0.2) is 40.3 Å². The van der Waals surface area contributed by atoms with E-state index in [0.29, 0.717) is 29.1 Å². The van der Waals surface area contributed by atoms with Crippen LogP contribution in [0.1, 0.15) is 11.7 Å². The third-order valence-electron chi connectivity index (χ3n) is 2.84. The minimum atomic E-state index is -0.162. The second-order valence-electron chi connectivity index (χ2n) is 4.92. The molecule has 0 bridgehead atoms. The Balaban J connectivity index is 2.07. The first-order valence-electron chi connectivity index (χ1n) is 6.53. The van der Waals surface area contributed by atoms with Gasteiger partial charge in [0.2, 0.25) is 5.89 Å². The van der Waals surface area contributed by atoms with Crippen molar-refractivity contribution in [2.45, 2.75) is 20.0 Å². The van der Waals surface area contributed by atoms with Crippen molar-refractivity contribution >= 4 is 21.6 Å². The van der Waals surface area contributed by atoms with Gasteiger partial charge in [-0.25, -0.2) is 9.67 Å². The molecule has 2 rings (SSSR count). The van der Waals surface area contributed by atoms with Gasteiger partial charge in [0.1, 0.15) is 10.2 Å². The molecular formula is C13H18BrN5O2. The van der Waals surface area contributed by atoms with Crippen molar-refractivity contribution in [2.75, 3.05) is 26.0 Å². The first kappa shape index (κ1) is 15.7. The zero-order chi connectivity index (χ0) is 15.4. The maximum atomic E-state index is 12.2. The summed E-state index contributed by atoms with van der Waals surface area (Å²) >= 11 is 3.32. The molecule has 114 valence electrons. The van der Waals surface area contributed by atoms with Crippen LogP contribution in [0.25, 0.3) is 0 Å². The first-order valence-corrected chi connectivity index (χ1v) is 7.32. The van der Waals surface area contributed by atoms with E-state index in [1.807, 2.05) is 25.9 Å². The maximum Gasteiger partial charge on any atom is 0.283 e. The number of nitrogens with one attached hydrogen (secondary N) is 1. The van der Waals surface area contributed by atoms with Crippen LogP contribution in [0, 0.1) is 6.92 Å². The highest BCUT2D eigenvalue weighted by molar-refractivity contribution is 9.10. The zero-order valence-corrected chi connectivity index (χ0v) is 13.8. The molecular weight excluding hydrogens is 338 g/mol. The topological polar surface area (TPSA) is 76.2 Å². The minimum absolute atomic E-state index is 0.162. The fraction of sp³-hybridized carbons (Fsp3) is 0.462. The molecule has 0 saturated carbocycles. The Morgan fingerprint density at radius 3 is 2.81 bits per heavy atom. The van der Waals surface area contributed by atoms with Crippen molar-refractivity contribution in [3.05, 3.63) is 38.9 Å². The Labute approximate surface area is 131 Å². The van der Waals surface area contributed by atoms with Crippen LogP contribution in [0.15, 0.2) is 26.1 Å². The summed E-state index contributed by atoms with van der Waals surface area (Å²) in [6.45, 7) is 3.53. The van der Waals surface area contributed by atoms with Gasteiger partial charge in [0.15, 0.2) is 0 Å². The summed E-state index contributed by atoms with van der Waals surface area (Å²) in [7, 11) is 3.91. The molecule has 2 aromatic heterocycles. The standard InChI is InChI=1S/C13H18BrN5O2/c1-9-6-16-11(21-9)8-15-10-7-17-19(5-4-18(2)3)13(20)12(10)14/h6-7,15H,4-5,8H2,1-3H3. The van der Waals surface area contributed by atoms with Gasteiger partial charge < -0.3 is 14.6 Å². The molecule has 2 heterocycles. The normalized spacial score (nSPS) is 11.1. The summed E-state index contributed by atoms with van der Waals surface area (Å²) < 4.78 is 7.26. The molecule has 0 aliphatic heterocycles. The van der Waals surface area contributed by atoms with Crippen LogP contribution in [0.5, 0.6) is 0 Å². The average molecular weight is 356 g/mol. The van der Waals surface area contributed by atoms with Gasteiger partial charge in [-0.3, -0.25) is 4.79 Å². The fourth-order valence-electron chi connectivity index (χ4n) is 1.70. The number of likely N-dealkylation sites (N-methyl/N-ethyl adjacent to an activating group) is 1. The number of rotatable bonds is 6. The van der Waals surface area contributed by atoms with E-state index >= 15 is 0 Å². The summed E-state index contributed by atoms with van der Waals surface area (Å²) in [4.78, 5) is 18.3. The van der Waals surface area contributed by atoms with E-state index in [2.05, 4.69) is 31.3 Å². The van der Waals surface area contributed by atoms with Crippen molar-refractivity contribution in [2.24, 2.45) is 0 Å². The molecule has 8 heteroatoms. The van der Waals surface area contributed by atoms with Crippen LogP contribution in [-0.2, 0) is 13.1 Å². The van der Waals surface area contributed by atoms with Crippen LogP contribution in [0.4, 0.5) is 5.69 Å². The largest absolute Gasteiger partial charge is 0.444 e. The summed E-state index contributed by atoms with van der Waals surface area (Å²) in [5.74, 6) is 1.32. The SMILES string of the molecule is Cc1cnc(CNc2cnn(CCN(C)C)c(=O)c2Br)o1. The third-order valence-corrected chi connectivity index (χ3v) is 3.61. The highest BCUT2D eigenvalue weighted by Gasteiger charge is 2.10. The van der Waals surface area contributed by atoms with Crippen LogP contribution < -0.4 is 10.9 Å². The highest BCUT2D eigenvalue weighted by Crippen LogP contribution is 2.17. The van der Waals surface area contributed by atoms with Gasteiger partial charge in [-0.15, -0.1) is 0 Å². The number of hydrogen-bond acceptors (Lipinski definition) is 6. The van der Waals surface area contributed by atoms with E-state index in [-0.39, 0.29) is 5.56 Å². The zero-order valence-electron chi connectivity index (χ0n) is 12.3. The lowest BCUT2D eigenvalue weighted by Gasteiger charge is -2.12. The summed E-state index contributed by atoms with van der Waals surface area (Å²) in [5, 5.41) is 7.25. The number of aryl methyl sites for hydroxylation is 1. The van der Waals surface area contributed by atoms with E-state index in [1.165, 1.54) is 4.68 Å². The molecule has 0 unspecified atom stereocenters. The number of nitrogens with zero attached hydrogens (tertiary/aromatic N) is 4. The predicted octanol–water partition coefficient (Wildman–Crippen LogP) is 1.48. The number of halogens is 1. The quantitative estimate of drug-likeness (QED) is 0.845. The summed E-state index contributed by atoms with van der Waals surface area (Å²) in [6.07, 6.45) is 3.28. The molecule has 0 aliphatic rings. The van der Waals surface area contributed by atoms with E-state index in [0.717, 1.165) is 12.3 Å². The van der Waals surface area contributed by atoms with Gasteiger partial charge in [-0.2, -0.15) is 5.10 Å². The molecule has 0 amide bonds. The number of hydrogen-bond donors (Lipinski definition) is 1. The fourth-order valence-corrected chi connectivity index (χ4v) is 2.14. The van der Waals surface area contributed by atoms with Gasteiger partial charge in [-0.1, -0.05) is 0 Å². The molecule has 0 atom stereocenters. The molecule has 0 radical (unpaired) electrons. The van der Waals surface area contributed by atoms with Crippen molar-refractivity contribution in [3.8, 4) is 0 Å². The molecule has 0 aliphatic carbocycles. The van der Waals surface area contributed by atoms with E-state index in [1.54, 1.807) is 12.4 Å². The highest BCUT2D eigenvalue weighted by atomic mass is 79.9. The molecule has 0 saturated heterocycles. The first-order chi connectivity index (χ1) is 9.97. The predicted molar refractivity (Wildman–Crippen MR) is 83.3 cm³/mol. The van der Waals surface area contributed by atoms with Crippen LogP contribution >= 0.6 is 15.9 Å². The molecule has 0 aromatic carbocycles. The maximum absolute atomic E-state index is 12.2. The Morgan fingerprint density at radius 1 is 1.43 bits per heavy atom. The van der Waals surface area contributed by atoms with Crippen molar-refractivity contribution in [3.63, 3.8) is 0 Å². The number of anilines is 1. The Kier molecular flexibility index (Phi) is 5.13. The van der Waals surface area contributed by atoms with Crippen molar-refractivity contribution in [1.82, 2.24) is 19.7 Å². The van der Waals surface area contributed by atoms with Gasteiger partial charge in [0.05, 0.1) is 31.2 Å². The number of oxazole rings is 1. The van der Waals surface area contributed by atoms with E-state index in [9.17, 15) is 4.79 Å². The average Bonchev–Trinajstić information content (AvgIpc) is 2.85. The lowest BCUT2D eigenvalue weighted by Crippen LogP contribution is -2.29. The van der Waals surface area contributed by atoms with Gasteiger partial charge in [-0.05, 0) is 36.9 Å². The van der Waals surface area contributed by atoms with Crippen LogP contribution in [0.2, 0.25) is 0 Å². The Hall–Kier alpha value is -1.67. The minimum Gasteiger partial charge on any atom is -0.444 e. The molecule has 1 N–H and O–H groups in total. The van der Waals surface area contributed by atoms with Gasteiger partial charge >= 0.3 is 0 Å². The second-order valence-corrected chi connectivity index (χ2v) is 5.71. The van der Waals surface area contributed by atoms with Crippen LogP contribution in [0.3, 0.4) is 0 Å². The second kappa shape index (κ2) is 6.86. The lowest BCUT2D eigenvalue weighted by atomic mass is 10.4. The molecule has 2 aromatic rings. The third kappa shape index (κ3) is 4.15. The number of aromatic nitrogens is 3. The smallest absolute Gasteiger partial charge is 0.283 e. The summed E-state index contributed by atoms with van der Waals surface area (Å²) in [5.41, 5.74) is 0.461. The van der Waals surface area contributed by atoms with Crippen molar-refractivity contribution in [1.29, 1.82) is 0 Å². The molecule has 0 fully saturated rings.